The second kappa shape index (κ2) is 8.85. The maximum atomic E-state index is 13.6. The van der Waals surface area contributed by atoms with Crippen LogP contribution in [0.2, 0.25) is 0 Å². The van der Waals surface area contributed by atoms with Gasteiger partial charge in [0, 0.05) is 30.8 Å². The molecular formula is C24H32N4O4S. The quantitative estimate of drug-likeness (QED) is 0.680. The number of sulfone groups is 1. The highest BCUT2D eigenvalue weighted by Crippen LogP contribution is 2.44. The van der Waals surface area contributed by atoms with Gasteiger partial charge < -0.3 is 14.5 Å². The summed E-state index contributed by atoms with van der Waals surface area (Å²) in [6.45, 7) is 2.52. The molecule has 0 radical (unpaired) electrons. The van der Waals surface area contributed by atoms with Crippen LogP contribution in [0.3, 0.4) is 0 Å². The minimum absolute atomic E-state index is 0.183. The normalized spacial score (nSPS) is 20.5. The molecule has 2 aromatic rings. The Balaban J connectivity index is 1.70. The van der Waals surface area contributed by atoms with Crippen LogP contribution in [0.4, 0.5) is 0 Å². The van der Waals surface area contributed by atoms with Crippen LogP contribution in [0.25, 0.3) is 11.3 Å². The van der Waals surface area contributed by atoms with E-state index in [9.17, 15) is 13.2 Å². The van der Waals surface area contributed by atoms with Crippen molar-refractivity contribution in [3.8, 4) is 11.3 Å². The highest BCUT2D eigenvalue weighted by Gasteiger charge is 2.39. The van der Waals surface area contributed by atoms with Crippen molar-refractivity contribution in [3.05, 3.63) is 35.0 Å². The molecule has 33 heavy (non-hydrogen) atoms. The Labute approximate surface area is 195 Å². The van der Waals surface area contributed by atoms with Crippen LogP contribution in [0, 0.1) is 0 Å². The number of nitrogens with zero attached hydrogens (tertiary/aromatic N) is 4. The van der Waals surface area contributed by atoms with Crippen LogP contribution in [-0.4, -0.2) is 74.3 Å². The van der Waals surface area contributed by atoms with E-state index in [-0.39, 0.29) is 17.7 Å². The molecule has 3 aliphatic rings. The molecule has 1 aliphatic carbocycles. The lowest BCUT2D eigenvalue weighted by atomic mass is 9.94. The zero-order chi connectivity index (χ0) is 23.2. The van der Waals surface area contributed by atoms with Crippen LogP contribution in [0.15, 0.2) is 23.1 Å². The molecule has 0 spiro atoms. The molecule has 1 aromatic carbocycles. The van der Waals surface area contributed by atoms with Crippen molar-refractivity contribution >= 4 is 15.7 Å². The lowest BCUT2D eigenvalue weighted by Crippen LogP contribution is -2.41. The zero-order valence-corrected chi connectivity index (χ0v) is 20.2. The number of hydrogen-bond acceptors (Lipinski definition) is 6. The summed E-state index contributed by atoms with van der Waals surface area (Å²) in [6.07, 6.45) is 5.45. The third-order valence-electron chi connectivity index (χ3n) is 6.91. The second-order valence-corrected chi connectivity index (χ2v) is 11.5. The first-order valence-corrected chi connectivity index (χ1v) is 13.5. The summed E-state index contributed by atoms with van der Waals surface area (Å²) < 4.78 is 34.5. The van der Waals surface area contributed by atoms with Crippen molar-refractivity contribution in [2.45, 2.75) is 55.3 Å². The summed E-state index contributed by atoms with van der Waals surface area (Å²) in [5.41, 5.74) is 3.16. The third-order valence-corrected chi connectivity index (χ3v) is 8.69. The second-order valence-electron chi connectivity index (χ2n) is 9.61. The van der Waals surface area contributed by atoms with Crippen molar-refractivity contribution in [1.82, 2.24) is 19.6 Å². The summed E-state index contributed by atoms with van der Waals surface area (Å²) in [6, 6.07) is 5.88. The van der Waals surface area contributed by atoms with E-state index in [1.54, 1.807) is 4.90 Å². The van der Waals surface area contributed by atoms with Gasteiger partial charge in [-0.1, -0.05) is 37.5 Å². The minimum atomic E-state index is -3.61. The van der Waals surface area contributed by atoms with Gasteiger partial charge >= 0.3 is 0 Å². The third kappa shape index (κ3) is 4.11. The van der Waals surface area contributed by atoms with Gasteiger partial charge in [0.05, 0.1) is 35.6 Å². The first-order chi connectivity index (χ1) is 15.9. The Morgan fingerprint density at radius 3 is 2.58 bits per heavy atom. The van der Waals surface area contributed by atoms with E-state index in [0.717, 1.165) is 36.9 Å². The molecule has 0 unspecified atom stereocenters. The molecule has 0 atom stereocenters. The Morgan fingerprint density at radius 1 is 1.15 bits per heavy atom. The number of ether oxygens (including phenoxy) is 1. The standard InChI is InChI=1S/C24H32N4O4S/c1-26(2)15-17-7-6-10-19-22-20(16-33(30,31)23(17)19)21(24(29)27-11-13-32-14-12-27)25-28(22)18-8-4-3-5-9-18/h6-7,10,18H,3-5,8-9,11-16H2,1-2H3. The molecule has 0 N–H and O–H groups in total. The van der Waals surface area contributed by atoms with Gasteiger partial charge in [-0.15, -0.1) is 0 Å². The number of rotatable bonds is 4. The van der Waals surface area contributed by atoms with Crippen LogP contribution in [0.5, 0.6) is 0 Å². The largest absolute Gasteiger partial charge is 0.378 e. The molecular weight excluding hydrogens is 440 g/mol. The van der Waals surface area contributed by atoms with Crippen molar-refractivity contribution in [2.24, 2.45) is 0 Å². The highest BCUT2D eigenvalue weighted by molar-refractivity contribution is 7.91. The first kappa shape index (κ1) is 22.6. The molecule has 8 nitrogen and oxygen atoms in total. The van der Waals surface area contributed by atoms with Gasteiger partial charge in [-0.3, -0.25) is 9.48 Å². The van der Waals surface area contributed by atoms with Crippen molar-refractivity contribution in [3.63, 3.8) is 0 Å². The molecule has 2 fully saturated rings. The maximum absolute atomic E-state index is 13.6. The van der Waals surface area contributed by atoms with E-state index >= 15 is 0 Å². The Kier molecular flexibility index (Phi) is 6.05. The van der Waals surface area contributed by atoms with Crippen LogP contribution in [0.1, 0.15) is 59.8 Å². The smallest absolute Gasteiger partial charge is 0.274 e. The van der Waals surface area contributed by atoms with E-state index < -0.39 is 9.84 Å². The monoisotopic (exact) mass is 472 g/mol. The SMILES string of the molecule is CN(C)Cc1cccc2c1S(=O)(=O)Cc1c(C(=O)N3CCOCC3)nn(C3CCCCC3)c1-2. The summed E-state index contributed by atoms with van der Waals surface area (Å²) in [4.78, 5) is 17.6. The van der Waals surface area contributed by atoms with Crippen molar-refractivity contribution in [1.29, 1.82) is 0 Å². The fourth-order valence-corrected chi connectivity index (χ4v) is 7.26. The van der Waals surface area contributed by atoms with Gasteiger partial charge in [0.25, 0.3) is 5.91 Å². The fraction of sp³-hybridized carbons (Fsp3) is 0.583. The molecule has 3 heterocycles. The number of fused-ring (bicyclic) bond motifs is 3. The Hall–Kier alpha value is -2.23. The van der Waals surface area contributed by atoms with Crippen LogP contribution in [-0.2, 0) is 26.9 Å². The lowest BCUT2D eigenvalue weighted by Gasteiger charge is -2.27. The van der Waals surface area contributed by atoms with E-state index in [1.807, 2.05) is 41.9 Å². The Morgan fingerprint density at radius 2 is 1.88 bits per heavy atom. The Bertz CT molecular complexity index is 1160. The molecule has 9 heteroatoms. The van der Waals surface area contributed by atoms with Crippen molar-refractivity contribution < 1.29 is 17.9 Å². The lowest BCUT2D eigenvalue weighted by molar-refractivity contribution is 0.0297. The van der Waals surface area contributed by atoms with Gasteiger partial charge in [-0.2, -0.15) is 5.10 Å². The summed E-state index contributed by atoms with van der Waals surface area (Å²) in [5.74, 6) is -0.370. The number of amides is 1. The highest BCUT2D eigenvalue weighted by atomic mass is 32.2. The van der Waals surface area contributed by atoms with E-state index in [0.29, 0.717) is 54.6 Å². The number of aromatic nitrogens is 2. The predicted molar refractivity (Wildman–Crippen MR) is 125 cm³/mol. The number of carbonyl (C=O) groups is 1. The van der Waals surface area contributed by atoms with E-state index in [2.05, 4.69) is 0 Å². The van der Waals surface area contributed by atoms with E-state index in [4.69, 9.17) is 9.84 Å². The van der Waals surface area contributed by atoms with Gasteiger partial charge in [-0.25, -0.2) is 8.42 Å². The zero-order valence-electron chi connectivity index (χ0n) is 19.4. The number of morpholine rings is 1. The van der Waals surface area contributed by atoms with Crippen molar-refractivity contribution in [2.75, 3.05) is 40.4 Å². The molecule has 2 aliphatic heterocycles. The summed E-state index contributed by atoms with van der Waals surface area (Å²) in [7, 11) is 0.261. The fourth-order valence-electron chi connectivity index (χ4n) is 5.44. The van der Waals surface area contributed by atoms with Crippen LogP contribution < -0.4 is 0 Å². The average molecular weight is 473 g/mol. The van der Waals surface area contributed by atoms with Gasteiger partial charge in [0.1, 0.15) is 0 Å². The molecule has 1 amide bonds. The first-order valence-electron chi connectivity index (χ1n) is 11.8. The predicted octanol–water partition coefficient (Wildman–Crippen LogP) is 2.88. The number of benzene rings is 1. The molecule has 1 aromatic heterocycles. The number of carbonyl (C=O) groups excluding carboxylic acids is 1. The van der Waals surface area contributed by atoms with Gasteiger partial charge in [0.15, 0.2) is 15.5 Å². The summed E-state index contributed by atoms with van der Waals surface area (Å²) in [5, 5.41) is 4.86. The van der Waals surface area contributed by atoms with Gasteiger partial charge in [-0.05, 0) is 32.5 Å². The van der Waals surface area contributed by atoms with Gasteiger partial charge in [0.2, 0.25) is 0 Å². The molecule has 5 rings (SSSR count). The molecule has 1 saturated carbocycles. The molecule has 0 bridgehead atoms. The summed E-state index contributed by atoms with van der Waals surface area (Å²) >= 11 is 0. The van der Waals surface area contributed by atoms with E-state index in [1.165, 1.54) is 6.42 Å². The van der Waals surface area contributed by atoms with Crippen LogP contribution >= 0.6 is 0 Å². The average Bonchev–Trinajstić information content (AvgIpc) is 3.18. The molecule has 178 valence electrons. The number of hydrogen-bond donors (Lipinski definition) is 0. The maximum Gasteiger partial charge on any atom is 0.274 e. The topological polar surface area (TPSA) is 84.7 Å². The minimum Gasteiger partial charge on any atom is -0.378 e. The molecule has 1 saturated heterocycles.